The van der Waals surface area contributed by atoms with E-state index in [0.717, 1.165) is 6.42 Å². The zero-order valence-electron chi connectivity index (χ0n) is 15.9. The lowest BCUT2D eigenvalue weighted by Gasteiger charge is -2.38. The number of nitrogens with zero attached hydrogens (tertiary/aromatic N) is 2. The zero-order chi connectivity index (χ0) is 20.3. The molecule has 3 heterocycles. The number of aryl methyl sites for hydroxylation is 1. The van der Waals surface area contributed by atoms with Crippen LogP contribution in [0.5, 0.6) is 0 Å². The summed E-state index contributed by atoms with van der Waals surface area (Å²) in [5, 5.41) is 3.41. The molecule has 1 aliphatic heterocycles. The molecule has 2 unspecified atom stereocenters. The van der Waals surface area contributed by atoms with Gasteiger partial charge in [0.05, 0.1) is 22.4 Å². The van der Waals surface area contributed by atoms with Gasteiger partial charge in [-0.3, -0.25) is 9.59 Å². The van der Waals surface area contributed by atoms with E-state index in [1.807, 2.05) is 6.92 Å². The van der Waals surface area contributed by atoms with E-state index in [0.29, 0.717) is 42.8 Å². The highest BCUT2D eigenvalue weighted by molar-refractivity contribution is 6.43. The summed E-state index contributed by atoms with van der Waals surface area (Å²) in [6.07, 6.45) is 5.18. The zero-order valence-corrected chi connectivity index (χ0v) is 17.4. The number of carbonyl (C=O) groups excluding carboxylic acids is 2. The van der Waals surface area contributed by atoms with Crippen LogP contribution >= 0.6 is 23.2 Å². The van der Waals surface area contributed by atoms with Crippen LogP contribution in [0.2, 0.25) is 10.2 Å². The van der Waals surface area contributed by atoms with Gasteiger partial charge < -0.3 is 14.6 Å². The molecule has 0 saturated carbocycles. The maximum Gasteiger partial charge on any atom is 0.255 e. The fourth-order valence-electron chi connectivity index (χ4n) is 3.64. The Labute approximate surface area is 174 Å². The average molecular weight is 424 g/mol. The molecule has 28 heavy (non-hydrogen) atoms. The first-order valence-electron chi connectivity index (χ1n) is 9.42. The van der Waals surface area contributed by atoms with Gasteiger partial charge in [-0.15, -0.1) is 0 Å². The fourth-order valence-corrected chi connectivity index (χ4v) is 3.99. The molecule has 3 rings (SSSR count). The molecule has 150 valence electrons. The number of carbonyl (C=O) groups is 2. The highest BCUT2D eigenvalue weighted by Gasteiger charge is 2.33. The lowest BCUT2D eigenvalue weighted by Crippen LogP contribution is -2.52. The van der Waals surface area contributed by atoms with E-state index in [4.69, 9.17) is 27.6 Å². The van der Waals surface area contributed by atoms with Crippen LogP contribution in [0.25, 0.3) is 0 Å². The molecule has 0 aromatic carbocycles. The quantitative estimate of drug-likeness (QED) is 0.730. The Morgan fingerprint density at radius 2 is 2.07 bits per heavy atom. The Morgan fingerprint density at radius 3 is 2.79 bits per heavy atom. The van der Waals surface area contributed by atoms with Crippen LogP contribution in [-0.2, 0) is 6.42 Å². The molecule has 1 fully saturated rings. The van der Waals surface area contributed by atoms with E-state index in [1.165, 1.54) is 12.5 Å². The number of aromatic nitrogens is 1. The third-order valence-corrected chi connectivity index (χ3v) is 6.02. The van der Waals surface area contributed by atoms with Crippen molar-refractivity contribution in [3.05, 3.63) is 51.7 Å². The largest absolute Gasteiger partial charge is 0.469 e. The molecule has 2 amide bonds. The number of hydrogen-bond acceptors (Lipinski definition) is 4. The minimum atomic E-state index is -0.166. The predicted molar refractivity (Wildman–Crippen MR) is 108 cm³/mol. The summed E-state index contributed by atoms with van der Waals surface area (Å²) in [6, 6.07) is 3.28. The van der Waals surface area contributed by atoms with E-state index < -0.39 is 0 Å². The summed E-state index contributed by atoms with van der Waals surface area (Å²) in [4.78, 5) is 31.2. The molecule has 1 saturated heterocycles. The van der Waals surface area contributed by atoms with Crippen LogP contribution in [-0.4, -0.2) is 40.8 Å². The number of furan rings is 1. The summed E-state index contributed by atoms with van der Waals surface area (Å²) in [6.45, 7) is 5.08. The molecule has 8 heteroatoms. The molecule has 2 aromatic rings. The Balaban J connectivity index is 1.69. The molecule has 1 N–H and O–H groups in total. The molecule has 0 radical (unpaired) electrons. The number of hydrogen-bond donors (Lipinski definition) is 1. The van der Waals surface area contributed by atoms with E-state index >= 15 is 0 Å². The van der Waals surface area contributed by atoms with E-state index in [2.05, 4.69) is 17.2 Å². The van der Waals surface area contributed by atoms with Crippen molar-refractivity contribution in [1.82, 2.24) is 15.2 Å². The summed E-state index contributed by atoms with van der Waals surface area (Å²) >= 11 is 12.1. The minimum absolute atomic E-state index is 0.00217. The normalized spacial score (nSPS) is 19.5. The molecule has 0 aliphatic carbocycles. The highest BCUT2D eigenvalue weighted by atomic mass is 35.5. The number of rotatable bonds is 5. The second-order valence-corrected chi connectivity index (χ2v) is 7.60. The number of likely N-dealkylation sites (tertiary alicyclic amines) is 1. The van der Waals surface area contributed by atoms with E-state index in [1.54, 1.807) is 17.0 Å². The van der Waals surface area contributed by atoms with Gasteiger partial charge >= 0.3 is 0 Å². The van der Waals surface area contributed by atoms with Gasteiger partial charge in [0.15, 0.2) is 0 Å². The Morgan fingerprint density at radius 1 is 1.29 bits per heavy atom. The minimum Gasteiger partial charge on any atom is -0.469 e. The lowest BCUT2D eigenvalue weighted by atomic mass is 9.89. The number of halogens is 2. The van der Waals surface area contributed by atoms with Crippen LogP contribution in [0.4, 0.5) is 0 Å². The van der Waals surface area contributed by atoms with Crippen LogP contribution < -0.4 is 5.32 Å². The average Bonchev–Trinajstić information content (AvgIpc) is 3.19. The molecule has 1 aliphatic rings. The van der Waals surface area contributed by atoms with Gasteiger partial charge in [-0.2, -0.15) is 0 Å². The third kappa shape index (κ3) is 4.18. The molecular formula is C20H23Cl2N3O3. The van der Waals surface area contributed by atoms with Crippen molar-refractivity contribution in [2.45, 2.75) is 39.2 Å². The second-order valence-electron chi connectivity index (χ2n) is 6.86. The third-order valence-electron chi connectivity index (χ3n) is 5.25. The first-order chi connectivity index (χ1) is 13.5. The van der Waals surface area contributed by atoms with Crippen LogP contribution in [0.1, 0.15) is 53.2 Å². The van der Waals surface area contributed by atoms with Crippen molar-refractivity contribution in [1.29, 1.82) is 0 Å². The molecule has 6 nitrogen and oxygen atoms in total. The smallest absolute Gasteiger partial charge is 0.255 e. The van der Waals surface area contributed by atoms with Crippen molar-refractivity contribution in [3.63, 3.8) is 0 Å². The number of pyridine rings is 1. The first kappa shape index (κ1) is 20.7. The monoisotopic (exact) mass is 423 g/mol. The van der Waals surface area contributed by atoms with Gasteiger partial charge in [0, 0.05) is 31.7 Å². The SMILES string of the molecule is CCc1occc1C(=O)NC1CCN(C(=O)c2ccnc(Cl)c2Cl)CC1CC. The first-order valence-corrected chi connectivity index (χ1v) is 10.2. The maximum absolute atomic E-state index is 12.9. The van der Waals surface area contributed by atoms with Gasteiger partial charge in [-0.25, -0.2) is 4.98 Å². The molecule has 0 spiro atoms. The Kier molecular flexibility index (Phi) is 6.62. The van der Waals surface area contributed by atoms with Gasteiger partial charge in [0.2, 0.25) is 0 Å². The maximum atomic E-state index is 12.9. The van der Waals surface area contributed by atoms with E-state index in [9.17, 15) is 9.59 Å². The highest BCUT2D eigenvalue weighted by Crippen LogP contribution is 2.27. The van der Waals surface area contributed by atoms with Crippen molar-refractivity contribution in [3.8, 4) is 0 Å². The summed E-state index contributed by atoms with van der Waals surface area (Å²) in [5.74, 6) is 0.537. The van der Waals surface area contributed by atoms with Gasteiger partial charge in [-0.05, 0) is 30.9 Å². The molecule has 0 bridgehead atoms. The van der Waals surface area contributed by atoms with Crippen molar-refractivity contribution in [2.24, 2.45) is 5.92 Å². The standard InChI is InChI=1S/C20H23Cl2N3O3/c1-3-12-11-25(20(27)14-5-8-23-18(22)17(14)21)9-6-15(12)24-19(26)13-7-10-28-16(13)4-2/h5,7-8,10,12,15H,3-4,6,9,11H2,1-2H3,(H,24,26). The fraction of sp³-hybridized carbons (Fsp3) is 0.450. The lowest BCUT2D eigenvalue weighted by molar-refractivity contribution is 0.0614. The Hall–Kier alpha value is -2.05. The number of nitrogens with one attached hydrogen (secondary N) is 1. The molecule has 2 atom stereocenters. The summed E-state index contributed by atoms with van der Waals surface area (Å²) in [5.41, 5.74) is 0.930. The van der Waals surface area contributed by atoms with Crippen LogP contribution in [0.3, 0.4) is 0 Å². The molecule has 2 aromatic heterocycles. The Bertz CT molecular complexity index is 868. The van der Waals surface area contributed by atoms with Crippen molar-refractivity contribution >= 4 is 35.0 Å². The van der Waals surface area contributed by atoms with Gasteiger partial charge in [0.25, 0.3) is 11.8 Å². The van der Waals surface area contributed by atoms with Crippen molar-refractivity contribution < 1.29 is 14.0 Å². The van der Waals surface area contributed by atoms with Gasteiger partial charge in [-0.1, -0.05) is 37.0 Å². The molecular weight excluding hydrogens is 401 g/mol. The second kappa shape index (κ2) is 8.97. The number of amides is 2. The predicted octanol–water partition coefficient (Wildman–Crippen LogP) is 4.21. The number of piperidine rings is 1. The van der Waals surface area contributed by atoms with Crippen LogP contribution in [0.15, 0.2) is 29.0 Å². The van der Waals surface area contributed by atoms with Crippen molar-refractivity contribution in [2.75, 3.05) is 13.1 Å². The van der Waals surface area contributed by atoms with Crippen LogP contribution in [0, 0.1) is 5.92 Å². The summed E-state index contributed by atoms with van der Waals surface area (Å²) in [7, 11) is 0. The topological polar surface area (TPSA) is 75.4 Å². The van der Waals surface area contributed by atoms with Gasteiger partial charge in [0.1, 0.15) is 10.9 Å². The van der Waals surface area contributed by atoms with E-state index in [-0.39, 0.29) is 33.9 Å². The summed E-state index contributed by atoms with van der Waals surface area (Å²) < 4.78 is 5.35.